The maximum Gasteiger partial charge on any atom is 0.226 e. The molecule has 0 bridgehead atoms. The molecular weight excluding hydrogens is 334 g/mol. The Kier molecular flexibility index (Phi) is 4.79. The van der Waals surface area contributed by atoms with Crippen LogP contribution in [0, 0.1) is 34.5 Å². The van der Waals surface area contributed by atoms with Crippen molar-refractivity contribution >= 4 is 11.7 Å². The quantitative estimate of drug-likeness (QED) is 0.700. The number of amides is 1. The Morgan fingerprint density at radius 1 is 1.04 bits per heavy atom. The third-order valence-corrected chi connectivity index (χ3v) is 9.34. The smallest absolute Gasteiger partial charge is 0.226 e. The van der Waals surface area contributed by atoms with Gasteiger partial charge < -0.3 is 4.90 Å². The molecule has 0 saturated heterocycles. The number of hydrogen-bond donors (Lipinski definition) is 0. The van der Waals surface area contributed by atoms with Crippen molar-refractivity contribution in [3.63, 3.8) is 0 Å². The summed E-state index contributed by atoms with van der Waals surface area (Å²) >= 11 is 0. The number of rotatable bonds is 3. The molecule has 4 rings (SSSR count). The van der Waals surface area contributed by atoms with Crippen LogP contribution in [0.25, 0.3) is 0 Å². The highest BCUT2D eigenvalue weighted by molar-refractivity contribution is 5.91. The zero-order chi connectivity index (χ0) is 19.4. The summed E-state index contributed by atoms with van der Waals surface area (Å²) in [6.45, 7) is 10.8. The van der Waals surface area contributed by atoms with Gasteiger partial charge in [-0.25, -0.2) is 0 Å². The third kappa shape index (κ3) is 2.75. The predicted molar refractivity (Wildman–Crippen MR) is 108 cm³/mol. The molecule has 3 saturated carbocycles. The van der Waals surface area contributed by atoms with Gasteiger partial charge in [-0.3, -0.25) is 9.59 Å². The Bertz CT molecular complexity index is 663. The topological polar surface area (TPSA) is 37.4 Å². The van der Waals surface area contributed by atoms with Crippen molar-refractivity contribution in [3.05, 3.63) is 11.6 Å². The monoisotopic (exact) mass is 371 g/mol. The van der Waals surface area contributed by atoms with Crippen LogP contribution in [-0.4, -0.2) is 29.7 Å². The van der Waals surface area contributed by atoms with Crippen molar-refractivity contribution < 1.29 is 9.59 Å². The molecule has 6 atom stereocenters. The normalized spacial score (nSPS) is 43.4. The molecule has 4 aliphatic rings. The van der Waals surface area contributed by atoms with Gasteiger partial charge in [0.05, 0.1) is 0 Å². The minimum Gasteiger partial charge on any atom is -0.343 e. The first-order chi connectivity index (χ1) is 12.8. The molecule has 0 aromatic rings. The minimum atomic E-state index is 0.183. The summed E-state index contributed by atoms with van der Waals surface area (Å²) < 4.78 is 0. The molecule has 3 heteroatoms. The van der Waals surface area contributed by atoms with Crippen molar-refractivity contribution in [1.82, 2.24) is 4.90 Å². The number of ketones is 1. The van der Waals surface area contributed by atoms with Gasteiger partial charge in [0, 0.05) is 25.4 Å². The lowest BCUT2D eigenvalue weighted by Gasteiger charge is -2.58. The Morgan fingerprint density at radius 2 is 1.78 bits per heavy atom. The van der Waals surface area contributed by atoms with E-state index in [1.165, 1.54) is 31.3 Å². The zero-order valence-corrected chi connectivity index (χ0v) is 17.7. The molecule has 6 unspecified atom stereocenters. The first kappa shape index (κ1) is 19.2. The molecule has 0 N–H and O–H groups in total. The van der Waals surface area contributed by atoms with E-state index in [4.69, 9.17) is 0 Å². The molecule has 27 heavy (non-hydrogen) atoms. The maximum absolute atomic E-state index is 13.2. The largest absolute Gasteiger partial charge is 0.343 e. The highest BCUT2D eigenvalue weighted by Gasteiger charge is 2.60. The number of carbonyl (C=O) groups excluding carboxylic acids is 2. The van der Waals surface area contributed by atoms with Gasteiger partial charge in [-0.2, -0.15) is 0 Å². The van der Waals surface area contributed by atoms with Crippen LogP contribution in [0.2, 0.25) is 0 Å². The van der Waals surface area contributed by atoms with Crippen LogP contribution in [0.4, 0.5) is 0 Å². The second-order valence-corrected chi connectivity index (χ2v) is 10.2. The van der Waals surface area contributed by atoms with E-state index < -0.39 is 0 Å². The lowest BCUT2D eigenvalue weighted by atomic mass is 9.47. The van der Waals surface area contributed by atoms with E-state index in [1.54, 1.807) is 0 Å². The Hall–Kier alpha value is -1.12. The van der Waals surface area contributed by atoms with Gasteiger partial charge in [0.25, 0.3) is 0 Å². The molecule has 3 nitrogen and oxygen atoms in total. The highest BCUT2D eigenvalue weighted by atomic mass is 16.2. The molecule has 0 spiro atoms. The van der Waals surface area contributed by atoms with Gasteiger partial charge in [-0.05, 0) is 93.5 Å². The maximum atomic E-state index is 13.2. The Morgan fingerprint density at radius 3 is 2.48 bits per heavy atom. The summed E-state index contributed by atoms with van der Waals surface area (Å²) in [5.74, 6) is 3.12. The summed E-state index contributed by atoms with van der Waals surface area (Å²) in [4.78, 5) is 27.3. The van der Waals surface area contributed by atoms with Crippen LogP contribution in [0.5, 0.6) is 0 Å². The third-order valence-electron chi connectivity index (χ3n) is 9.34. The van der Waals surface area contributed by atoms with Gasteiger partial charge in [0.1, 0.15) is 0 Å². The number of fused-ring (bicyclic) bond motifs is 5. The first-order valence-corrected chi connectivity index (χ1v) is 11.4. The van der Waals surface area contributed by atoms with Crippen molar-refractivity contribution in [3.8, 4) is 0 Å². The molecule has 0 aliphatic heterocycles. The molecule has 1 amide bonds. The van der Waals surface area contributed by atoms with E-state index >= 15 is 0 Å². The Labute approximate surface area is 165 Å². The fourth-order valence-corrected chi connectivity index (χ4v) is 7.72. The second kappa shape index (κ2) is 6.74. The summed E-state index contributed by atoms with van der Waals surface area (Å²) in [5.41, 5.74) is 1.86. The average Bonchev–Trinajstić information content (AvgIpc) is 3.00. The molecule has 0 heterocycles. The molecular formula is C24H37NO2. The molecule has 0 radical (unpaired) electrons. The molecule has 0 aromatic heterocycles. The lowest BCUT2D eigenvalue weighted by molar-refractivity contribution is -0.142. The number of carbonyl (C=O) groups is 2. The fraction of sp³-hybridized carbons (Fsp3) is 0.833. The molecule has 0 aromatic carbocycles. The summed E-state index contributed by atoms with van der Waals surface area (Å²) in [6.07, 6.45) is 10.8. The van der Waals surface area contributed by atoms with Crippen LogP contribution in [0.3, 0.4) is 0 Å². The van der Waals surface area contributed by atoms with E-state index in [0.29, 0.717) is 23.5 Å². The van der Waals surface area contributed by atoms with E-state index in [1.807, 2.05) is 6.08 Å². The standard InChI is InChI=1S/C24H37NO2/c1-5-25(6-2)22(27)21-10-9-19-18-8-7-16-15-17(26)11-13-23(16,3)20(18)12-14-24(19,21)4/h15,18-21H,5-14H2,1-4H3. The van der Waals surface area contributed by atoms with Crippen molar-refractivity contribution in [2.75, 3.05) is 13.1 Å². The Balaban J connectivity index is 1.60. The SMILES string of the molecule is CCN(CC)C(=O)C1CCC2C3CCC4=CC(=O)CCC4(C)C3CCC12C. The van der Waals surface area contributed by atoms with Crippen LogP contribution in [-0.2, 0) is 9.59 Å². The van der Waals surface area contributed by atoms with E-state index in [9.17, 15) is 9.59 Å². The lowest BCUT2D eigenvalue weighted by Crippen LogP contribution is -2.52. The summed E-state index contributed by atoms with van der Waals surface area (Å²) in [7, 11) is 0. The summed E-state index contributed by atoms with van der Waals surface area (Å²) in [5, 5.41) is 0. The molecule has 150 valence electrons. The fourth-order valence-electron chi connectivity index (χ4n) is 7.72. The molecule has 4 aliphatic carbocycles. The van der Waals surface area contributed by atoms with Crippen LogP contribution < -0.4 is 0 Å². The van der Waals surface area contributed by atoms with Crippen molar-refractivity contribution in [2.24, 2.45) is 34.5 Å². The number of nitrogens with zero attached hydrogens (tertiary/aromatic N) is 1. The van der Waals surface area contributed by atoms with Gasteiger partial charge in [-0.15, -0.1) is 0 Å². The average molecular weight is 372 g/mol. The van der Waals surface area contributed by atoms with Crippen LogP contribution >= 0.6 is 0 Å². The first-order valence-electron chi connectivity index (χ1n) is 11.4. The summed E-state index contributed by atoms with van der Waals surface area (Å²) in [6, 6.07) is 0. The van der Waals surface area contributed by atoms with Crippen LogP contribution in [0.1, 0.15) is 79.1 Å². The predicted octanol–water partition coefficient (Wildman–Crippen LogP) is 5.00. The van der Waals surface area contributed by atoms with Gasteiger partial charge in [0.2, 0.25) is 5.91 Å². The molecule has 3 fully saturated rings. The highest BCUT2D eigenvalue weighted by Crippen LogP contribution is 2.66. The van der Waals surface area contributed by atoms with Gasteiger partial charge in [0.15, 0.2) is 5.78 Å². The van der Waals surface area contributed by atoms with E-state index in [-0.39, 0.29) is 16.7 Å². The van der Waals surface area contributed by atoms with Gasteiger partial charge >= 0.3 is 0 Å². The van der Waals surface area contributed by atoms with Crippen molar-refractivity contribution in [2.45, 2.75) is 79.1 Å². The van der Waals surface area contributed by atoms with Gasteiger partial charge in [-0.1, -0.05) is 19.4 Å². The minimum absolute atomic E-state index is 0.183. The zero-order valence-electron chi connectivity index (χ0n) is 17.7. The second-order valence-electron chi connectivity index (χ2n) is 10.2. The number of allylic oxidation sites excluding steroid dienone is 1. The van der Waals surface area contributed by atoms with Crippen LogP contribution in [0.15, 0.2) is 11.6 Å². The van der Waals surface area contributed by atoms with E-state index in [0.717, 1.165) is 44.7 Å². The number of hydrogen-bond acceptors (Lipinski definition) is 2. The van der Waals surface area contributed by atoms with E-state index in [2.05, 4.69) is 32.6 Å². The van der Waals surface area contributed by atoms with Crippen molar-refractivity contribution in [1.29, 1.82) is 0 Å².